The first-order chi connectivity index (χ1) is 4.18. The van der Waals surface area contributed by atoms with Gasteiger partial charge in [-0.2, -0.15) is 24.6 Å². The van der Waals surface area contributed by atoms with Gasteiger partial charge in [0.05, 0.1) is 0 Å². The first kappa shape index (κ1) is 13.9. The first-order valence-electron chi connectivity index (χ1n) is 3.09. The van der Waals surface area contributed by atoms with Crippen LogP contribution < -0.4 is 17.0 Å². The zero-order chi connectivity index (χ0) is 6.85. The Morgan fingerprint density at radius 1 is 1.00 bits per heavy atom. The minimum absolute atomic E-state index is 0. The van der Waals surface area contributed by atoms with Gasteiger partial charge in [0.1, 0.15) is 0 Å². The van der Waals surface area contributed by atoms with Crippen molar-refractivity contribution in [1.29, 1.82) is 0 Å². The van der Waals surface area contributed by atoms with E-state index >= 15 is 0 Å². The van der Waals surface area contributed by atoms with Gasteiger partial charge in [0, 0.05) is 0 Å². The maximum atomic E-state index is 3.84. The topological polar surface area (TPSA) is 0 Å². The van der Waals surface area contributed by atoms with E-state index in [0.29, 0.717) is 0 Å². The summed E-state index contributed by atoms with van der Waals surface area (Å²) in [6.45, 7) is 8.01. The van der Waals surface area contributed by atoms with Crippen LogP contribution in [0.15, 0.2) is 18.2 Å². The van der Waals surface area contributed by atoms with Crippen molar-refractivity contribution in [1.82, 2.24) is 0 Å². The molecule has 0 saturated carbocycles. The van der Waals surface area contributed by atoms with Crippen LogP contribution in [0.1, 0.15) is 16.7 Å². The quantitative estimate of drug-likeness (QED) is 0.395. The normalized spacial score (nSPS) is 7.82. The zero-order valence-corrected chi connectivity index (χ0v) is 10.0. The Balaban J connectivity index is 0. The Morgan fingerprint density at radius 3 is 1.64 bits per heavy atom. The van der Waals surface area contributed by atoms with Gasteiger partial charge in [-0.3, -0.25) is 0 Å². The fourth-order valence-electron chi connectivity index (χ4n) is 1.07. The fraction of sp³-hybridized carbons (Fsp3) is 0.222. The second-order valence-corrected chi connectivity index (χ2v) is 2.50. The van der Waals surface area contributed by atoms with E-state index in [2.05, 4.69) is 39.0 Å². The SMILES string of the molecule is [Br-].[CH2-]c1cc(C)cc(C)c1.[Mg+2]. The summed E-state index contributed by atoms with van der Waals surface area (Å²) in [4.78, 5) is 0. The molecule has 0 radical (unpaired) electrons. The minimum Gasteiger partial charge on any atom is -1.00 e. The van der Waals surface area contributed by atoms with Crippen LogP contribution in [-0.4, -0.2) is 23.1 Å². The van der Waals surface area contributed by atoms with E-state index in [1.54, 1.807) is 0 Å². The summed E-state index contributed by atoms with van der Waals surface area (Å²) < 4.78 is 0. The molecule has 0 aromatic heterocycles. The molecule has 0 atom stereocenters. The Bertz CT molecular complexity index is 170. The number of aryl methyl sites for hydroxylation is 2. The van der Waals surface area contributed by atoms with Crippen LogP contribution in [0.4, 0.5) is 0 Å². The van der Waals surface area contributed by atoms with Gasteiger partial charge in [-0.1, -0.05) is 19.9 Å². The third-order valence-corrected chi connectivity index (χ3v) is 1.28. The maximum Gasteiger partial charge on any atom is 2.00 e. The van der Waals surface area contributed by atoms with E-state index < -0.39 is 0 Å². The molecule has 1 rings (SSSR count). The summed E-state index contributed by atoms with van der Waals surface area (Å²) in [6, 6.07) is 6.30. The molecule has 11 heavy (non-hydrogen) atoms. The van der Waals surface area contributed by atoms with Crippen molar-refractivity contribution in [2.75, 3.05) is 0 Å². The molecular formula is C9H11BrMg. The number of halogens is 1. The molecule has 0 aliphatic rings. The Labute approximate surface area is 95.3 Å². The molecule has 0 bridgehead atoms. The third kappa shape index (κ3) is 4.72. The van der Waals surface area contributed by atoms with Crippen molar-refractivity contribution in [3.63, 3.8) is 0 Å². The largest absolute Gasteiger partial charge is 2.00 e. The van der Waals surface area contributed by atoms with E-state index in [9.17, 15) is 0 Å². The molecule has 0 aliphatic carbocycles. The fourth-order valence-corrected chi connectivity index (χ4v) is 1.07. The minimum atomic E-state index is 0. The molecule has 0 heterocycles. The average Bonchev–Trinajstić information content (AvgIpc) is 1.59. The Morgan fingerprint density at radius 2 is 1.36 bits per heavy atom. The summed E-state index contributed by atoms with van der Waals surface area (Å²) in [5.41, 5.74) is 3.69. The molecule has 0 amide bonds. The van der Waals surface area contributed by atoms with E-state index in [-0.39, 0.29) is 40.0 Å². The van der Waals surface area contributed by atoms with Crippen molar-refractivity contribution in [2.45, 2.75) is 13.8 Å². The molecule has 56 valence electrons. The van der Waals surface area contributed by atoms with Crippen molar-refractivity contribution >= 4 is 23.1 Å². The van der Waals surface area contributed by atoms with Gasteiger partial charge in [-0.05, 0) is 0 Å². The molecule has 0 aliphatic heterocycles. The van der Waals surface area contributed by atoms with Crippen molar-refractivity contribution in [3.05, 3.63) is 41.8 Å². The van der Waals surface area contributed by atoms with Gasteiger partial charge in [0.2, 0.25) is 0 Å². The molecule has 1 aromatic rings. The Hall–Kier alpha value is 0.336. The summed E-state index contributed by atoms with van der Waals surface area (Å²) >= 11 is 0. The average molecular weight is 223 g/mol. The summed E-state index contributed by atoms with van der Waals surface area (Å²) in [6.07, 6.45) is 0. The van der Waals surface area contributed by atoms with Crippen LogP contribution in [0.2, 0.25) is 0 Å². The van der Waals surface area contributed by atoms with Gasteiger partial charge >= 0.3 is 23.1 Å². The van der Waals surface area contributed by atoms with E-state index in [4.69, 9.17) is 0 Å². The molecule has 0 fully saturated rings. The van der Waals surface area contributed by atoms with Gasteiger partial charge in [0.15, 0.2) is 0 Å². The third-order valence-electron chi connectivity index (χ3n) is 1.28. The number of benzene rings is 1. The molecule has 0 nitrogen and oxygen atoms in total. The summed E-state index contributed by atoms with van der Waals surface area (Å²) in [7, 11) is 0. The standard InChI is InChI=1S/C9H11.BrH.Mg/c1-7-4-8(2)6-9(3)5-7;;/h4-6H,1H2,2-3H3;1H;/q-1;;+2/p-1. The molecule has 0 unspecified atom stereocenters. The van der Waals surface area contributed by atoms with Crippen molar-refractivity contribution in [2.24, 2.45) is 0 Å². The number of hydrogen-bond donors (Lipinski definition) is 0. The molecule has 0 spiro atoms. The smallest absolute Gasteiger partial charge is 1.00 e. The van der Waals surface area contributed by atoms with Crippen LogP contribution in [0.25, 0.3) is 0 Å². The van der Waals surface area contributed by atoms with E-state index in [0.717, 1.165) is 5.56 Å². The van der Waals surface area contributed by atoms with Crippen molar-refractivity contribution < 1.29 is 17.0 Å². The molecule has 2 heteroatoms. The van der Waals surface area contributed by atoms with Gasteiger partial charge < -0.3 is 17.0 Å². The first-order valence-corrected chi connectivity index (χ1v) is 3.09. The second kappa shape index (κ2) is 5.92. The monoisotopic (exact) mass is 222 g/mol. The molecule has 0 saturated heterocycles. The van der Waals surface area contributed by atoms with Gasteiger partial charge in [0.25, 0.3) is 0 Å². The van der Waals surface area contributed by atoms with Gasteiger partial charge in [-0.25, -0.2) is 0 Å². The zero-order valence-electron chi connectivity index (χ0n) is 7.02. The number of hydrogen-bond acceptors (Lipinski definition) is 0. The predicted octanol–water partition coefficient (Wildman–Crippen LogP) is -0.891. The Kier molecular flexibility index (Phi) is 7.48. The molecule has 1 aromatic carbocycles. The summed E-state index contributed by atoms with van der Waals surface area (Å²) in [5, 5.41) is 0. The van der Waals surface area contributed by atoms with Crippen molar-refractivity contribution in [3.8, 4) is 0 Å². The number of rotatable bonds is 0. The van der Waals surface area contributed by atoms with Crippen LogP contribution in [0.3, 0.4) is 0 Å². The second-order valence-electron chi connectivity index (χ2n) is 2.50. The summed E-state index contributed by atoms with van der Waals surface area (Å²) in [5.74, 6) is 0. The van der Waals surface area contributed by atoms with Crippen LogP contribution in [-0.2, 0) is 0 Å². The predicted molar refractivity (Wildman–Crippen MR) is 46.1 cm³/mol. The van der Waals surface area contributed by atoms with E-state index in [1.807, 2.05) is 0 Å². The van der Waals surface area contributed by atoms with Crippen LogP contribution in [0.5, 0.6) is 0 Å². The molecular weight excluding hydrogens is 212 g/mol. The van der Waals surface area contributed by atoms with Crippen LogP contribution in [0, 0.1) is 20.8 Å². The molecule has 0 N–H and O–H groups in total. The van der Waals surface area contributed by atoms with Crippen LogP contribution >= 0.6 is 0 Å². The van der Waals surface area contributed by atoms with Gasteiger partial charge in [-0.15, -0.1) is 11.1 Å². The van der Waals surface area contributed by atoms with E-state index in [1.165, 1.54) is 11.1 Å². The maximum absolute atomic E-state index is 3.84.